The molecule has 13 heteroatoms. The van der Waals surface area contributed by atoms with Crippen molar-refractivity contribution >= 4 is 17.9 Å². The Kier molecular flexibility index (Phi) is 7.68. The number of fused-ring (bicyclic) bond motifs is 2. The third-order valence-electron chi connectivity index (χ3n) is 8.69. The number of carbonyl (C=O) groups excluding carboxylic acids is 3. The maximum Gasteiger partial charge on any atom is 0.418 e. The van der Waals surface area contributed by atoms with Gasteiger partial charge in [-0.2, -0.15) is 18.3 Å². The number of amides is 3. The predicted octanol–water partition coefficient (Wildman–Crippen LogP) is 5.06. The first-order valence-electron chi connectivity index (χ1n) is 14.5. The Bertz CT molecular complexity index is 1580. The van der Waals surface area contributed by atoms with Crippen LogP contribution in [-0.4, -0.2) is 62.8 Å². The molecule has 232 valence electrons. The number of nitrogens with one attached hydrogen (secondary N) is 1. The second-order valence-corrected chi connectivity index (χ2v) is 11.5. The zero-order valence-electron chi connectivity index (χ0n) is 23.9. The van der Waals surface area contributed by atoms with E-state index in [9.17, 15) is 31.9 Å². The van der Waals surface area contributed by atoms with Crippen LogP contribution in [0.1, 0.15) is 55.5 Å². The van der Waals surface area contributed by atoms with Crippen molar-refractivity contribution in [3.8, 4) is 11.3 Å². The van der Waals surface area contributed by atoms with Crippen LogP contribution in [-0.2, 0) is 32.9 Å². The lowest BCUT2D eigenvalue weighted by Gasteiger charge is -2.31. The lowest BCUT2D eigenvalue weighted by molar-refractivity contribution is -0.187. The Morgan fingerprint density at radius 3 is 2.64 bits per heavy atom. The maximum absolute atomic E-state index is 13.7. The van der Waals surface area contributed by atoms with Gasteiger partial charge in [-0.15, -0.1) is 0 Å². The minimum absolute atomic E-state index is 0.130. The maximum atomic E-state index is 13.7. The number of halogens is 4. The molecule has 0 bridgehead atoms. The number of carbonyl (C=O) groups is 3. The van der Waals surface area contributed by atoms with Gasteiger partial charge in [0.2, 0.25) is 11.5 Å². The van der Waals surface area contributed by atoms with Crippen molar-refractivity contribution in [1.82, 2.24) is 24.9 Å². The van der Waals surface area contributed by atoms with Gasteiger partial charge in [0.1, 0.15) is 24.6 Å². The van der Waals surface area contributed by atoms with Crippen LogP contribution in [0.5, 0.6) is 0 Å². The number of hydrogen-bond acceptors (Lipinski definition) is 6. The van der Waals surface area contributed by atoms with Gasteiger partial charge >= 0.3 is 12.3 Å². The summed E-state index contributed by atoms with van der Waals surface area (Å²) in [4.78, 5) is 41.0. The summed E-state index contributed by atoms with van der Waals surface area (Å²) < 4.78 is 62.0. The van der Waals surface area contributed by atoms with Gasteiger partial charge in [0, 0.05) is 30.3 Å². The average Bonchev–Trinajstić information content (AvgIpc) is 3.70. The zero-order chi connectivity index (χ0) is 31.2. The smallest absolute Gasteiger partial charge is 0.418 e. The van der Waals surface area contributed by atoms with E-state index >= 15 is 0 Å². The number of aromatic nitrogens is 2. The van der Waals surface area contributed by atoms with Gasteiger partial charge < -0.3 is 9.64 Å². The Balaban J connectivity index is 1.21. The van der Waals surface area contributed by atoms with Gasteiger partial charge in [-0.1, -0.05) is 24.3 Å². The number of benzene rings is 2. The summed E-state index contributed by atoms with van der Waals surface area (Å²) in [6.45, 7) is 0.317. The van der Waals surface area contributed by atoms with Crippen molar-refractivity contribution < 1.29 is 36.7 Å². The molecule has 2 saturated heterocycles. The van der Waals surface area contributed by atoms with Crippen molar-refractivity contribution in [2.75, 3.05) is 13.1 Å². The molecule has 1 aliphatic carbocycles. The number of alkyl halides is 3. The van der Waals surface area contributed by atoms with Crippen LogP contribution in [0.25, 0.3) is 11.3 Å². The Morgan fingerprint density at radius 2 is 1.93 bits per heavy atom. The topological polar surface area (TPSA) is 96.8 Å². The molecule has 0 saturated carbocycles. The van der Waals surface area contributed by atoms with E-state index in [1.54, 1.807) is 12.1 Å². The second-order valence-electron chi connectivity index (χ2n) is 11.5. The summed E-state index contributed by atoms with van der Waals surface area (Å²) in [6, 6.07) is 9.76. The molecule has 3 aromatic rings. The third kappa shape index (κ3) is 5.44. The van der Waals surface area contributed by atoms with E-state index in [4.69, 9.17) is 9.84 Å². The molecule has 2 aromatic carbocycles. The molecule has 1 spiro atoms. The number of nitrogens with zero attached hydrogens (tertiary/aromatic N) is 4. The summed E-state index contributed by atoms with van der Waals surface area (Å²) in [7, 11) is 0. The fourth-order valence-electron chi connectivity index (χ4n) is 6.17. The molecule has 0 radical (unpaired) electrons. The Hall–Kier alpha value is -4.26. The second kappa shape index (κ2) is 11.3. The highest BCUT2D eigenvalue weighted by molar-refractivity contribution is 6.06. The van der Waals surface area contributed by atoms with Crippen LogP contribution in [0.2, 0.25) is 0 Å². The summed E-state index contributed by atoms with van der Waals surface area (Å²) >= 11 is 0. The fourth-order valence-corrected chi connectivity index (χ4v) is 6.17. The van der Waals surface area contributed by atoms with E-state index in [-0.39, 0.29) is 18.2 Å². The molecular weight excluding hydrogens is 582 g/mol. The summed E-state index contributed by atoms with van der Waals surface area (Å²) in [5.41, 5.74) is 1.44. The van der Waals surface area contributed by atoms with Crippen LogP contribution < -0.4 is 5.32 Å². The number of aryl methyl sites for hydroxylation is 1. The molecular formula is C31H31F4N5O4. The molecule has 44 heavy (non-hydrogen) atoms. The zero-order valence-corrected chi connectivity index (χ0v) is 23.9. The largest absolute Gasteiger partial charge is 0.427 e. The number of rotatable bonds is 7. The lowest BCUT2D eigenvalue weighted by Crippen LogP contribution is -2.51. The molecule has 1 unspecified atom stereocenters. The first kappa shape index (κ1) is 29.8. The van der Waals surface area contributed by atoms with Gasteiger partial charge in [0.15, 0.2) is 0 Å². The van der Waals surface area contributed by atoms with Crippen molar-refractivity contribution in [3.63, 3.8) is 0 Å². The number of hydrogen-bond donors (Lipinski definition) is 1. The van der Waals surface area contributed by atoms with Crippen molar-refractivity contribution in [2.24, 2.45) is 0 Å². The van der Waals surface area contributed by atoms with Crippen molar-refractivity contribution in [1.29, 1.82) is 0 Å². The van der Waals surface area contributed by atoms with E-state index in [0.717, 1.165) is 61.7 Å². The van der Waals surface area contributed by atoms with Gasteiger partial charge in [0.05, 0.1) is 5.69 Å². The van der Waals surface area contributed by atoms with Crippen LogP contribution in [0.4, 0.5) is 22.4 Å². The predicted molar refractivity (Wildman–Crippen MR) is 149 cm³/mol. The van der Waals surface area contributed by atoms with E-state index in [1.807, 2.05) is 23.0 Å². The van der Waals surface area contributed by atoms with Crippen LogP contribution in [0, 0.1) is 5.82 Å². The van der Waals surface area contributed by atoms with E-state index in [2.05, 4.69) is 5.32 Å². The Labute approximate surface area is 250 Å². The first-order valence-corrected chi connectivity index (χ1v) is 14.5. The molecule has 1 N–H and O–H groups in total. The van der Waals surface area contributed by atoms with Gasteiger partial charge in [0.25, 0.3) is 5.91 Å². The molecule has 2 fully saturated rings. The SMILES string of the molecule is C[C@H](N(Cc1ccc(F)cc1)C(=O)CN1C(=O)O[C@@]2(CCc3cc(-c4ccn(C5CCCCN5)n4)ccc32)C1=O)C(F)(F)F. The lowest BCUT2D eigenvalue weighted by atomic mass is 9.93. The molecule has 3 aliphatic rings. The van der Waals surface area contributed by atoms with E-state index in [1.165, 1.54) is 12.1 Å². The molecule has 2 aliphatic heterocycles. The number of piperidine rings is 1. The molecule has 3 atom stereocenters. The normalized spacial score (nSPS) is 22.3. The number of imide groups is 1. The number of ether oxygens (including phenoxy) is 1. The molecule has 1 aromatic heterocycles. The first-order chi connectivity index (χ1) is 21.0. The minimum Gasteiger partial charge on any atom is -0.427 e. The summed E-state index contributed by atoms with van der Waals surface area (Å²) in [5.74, 6) is -2.48. The quantitative estimate of drug-likeness (QED) is 0.375. The fraction of sp³-hybridized carbons (Fsp3) is 0.419. The van der Waals surface area contributed by atoms with Crippen LogP contribution in [0.3, 0.4) is 0 Å². The van der Waals surface area contributed by atoms with Crippen molar-refractivity contribution in [2.45, 2.75) is 69.6 Å². The molecule has 9 nitrogen and oxygen atoms in total. The van der Waals surface area contributed by atoms with Crippen molar-refractivity contribution in [3.05, 3.63) is 77.2 Å². The summed E-state index contributed by atoms with van der Waals surface area (Å²) in [5, 5.41) is 8.17. The van der Waals surface area contributed by atoms with Crippen LogP contribution in [0.15, 0.2) is 54.7 Å². The minimum atomic E-state index is -4.78. The highest BCUT2D eigenvalue weighted by Gasteiger charge is 2.58. The van der Waals surface area contributed by atoms with E-state index < -0.39 is 54.6 Å². The van der Waals surface area contributed by atoms with Crippen LogP contribution >= 0.6 is 0 Å². The standard InChI is InChI=1S/C31H31F4N5O4/c1-19(31(33,34)35)38(17-20-5-8-23(32)9-6-20)27(41)18-39-28(42)30(44-29(39)43)13-11-21-16-22(7-10-24(21)30)25-12-15-40(37-25)26-4-2-3-14-36-26/h5-10,12,15-16,19,26,36H,2-4,11,13-14,17-18H2,1H3/t19-,26?,30+/m0/s1. The van der Waals surface area contributed by atoms with Gasteiger partial charge in [-0.3, -0.25) is 19.6 Å². The molecule has 3 amide bonds. The molecule has 3 heterocycles. The monoisotopic (exact) mass is 613 g/mol. The average molecular weight is 614 g/mol. The van der Waals surface area contributed by atoms with Gasteiger partial charge in [-0.05, 0) is 74.5 Å². The van der Waals surface area contributed by atoms with E-state index in [0.29, 0.717) is 21.8 Å². The summed E-state index contributed by atoms with van der Waals surface area (Å²) in [6.07, 6.45) is -0.0364. The molecule has 6 rings (SSSR count). The third-order valence-corrected chi connectivity index (χ3v) is 8.69. The highest BCUT2D eigenvalue weighted by Crippen LogP contribution is 2.46. The van der Waals surface area contributed by atoms with Gasteiger partial charge in [-0.25, -0.2) is 14.1 Å². The highest BCUT2D eigenvalue weighted by atomic mass is 19.4. The Morgan fingerprint density at radius 1 is 1.16 bits per heavy atom.